The van der Waals surface area contributed by atoms with Gasteiger partial charge in [-0.3, -0.25) is 0 Å². The number of benzene rings is 1. The summed E-state index contributed by atoms with van der Waals surface area (Å²) in [5.74, 6) is 0. The van der Waals surface area contributed by atoms with E-state index in [1.165, 1.54) is 0 Å². The highest BCUT2D eigenvalue weighted by Gasteiger charge is 2.33. The Morgan fingerprint density at radius 2 is 1.78 bits per heavy atom. The maximum atomic E-state index is 12.3. The van der Waals surface area contributed by atoms with Crippen molar-refractivity contribution in [3.05, 3.63) is 29.8 Å². The van der Waals surface area contributed by atoms with E-state index in [1.54, 1.807) is 0 Å². The molecule has 1 aromatic carbocycles. The Hall–Kier alpha value is -1.23. The molecule has 0 radical (unpaired) electrons. The molecule has 0 saturated heterocycles. The SMILES string of the molecule is NCc1ccc(N(CCC(F)(F)F)C2CC2)cc1. The molecule has 0 aromatic heterocycles. The Morgan fingerprint density at radius 1 is 1.17 bits per heavy atom. The van der Waals surface area contributed by atoms with Gasteiger partial charge in [0.25, 0.3) is 0 Å². The number of alkyl halides is 3. The number of nitrogens with two attached hydrogens (primary N) is 1. The molecule has 0 aliphatic heterocycles. The average molecular weight is 258 g/mol. The molecule has 2 rings (SSSR count). The van der Waals surface area contributed by atoms with Gasteiger partial charge in [-0.2, -0.15) is 13.2 Å². The van der Waals surface area contributed by atoms with E-state index in [9.17, 15) is 13.2 Å². The van der Waals surface area contributed by atoms with Crippen molar-refractivity contribution in [2.24, 2.45) is 5.73 Å². The zero-order valence-corrected chi connectivity index (χ0v) is 10.1. The van der Waals surface area contributed by atoms with Gasteiger partial charge in [0.2, 0.25) is 0 Å². The number of rotatable bonds is 5. The van der Waals surface area contributed by atoms with Crippen molar-refractivity contribution in [2.75, 3.05) is 11.4 Å². The molecule has 18 heavy (non-hydrogen) atoms. The van der Waals surface area contributed by atoms with Crippen molar-refractivity contribution < 1.29 is 13.2 Å². The summed E-state index contributed by atoms with van der Waals surface area (Å²) in [4.78, 5) is 1.85. The van der Waals surface area contributed by atoms with Gasteiger partial charge in [-0.15, -0.1) is 0 Å². The monoisotopic (exact) mass is 258 g/mol. The fraction of sp³-hybridized carbons (Fsp3) is 0.538. The second kappa shape index (κ2) is 5.18. The van der Waals surface area contributed by atoms with Gasteiger partial charge in [-0.25, -0.2) is 0 Å². The summed E-state index contributed by atoms with van der Waals surface area (Å²) in [6, 6.07) is 7.74. The summed E-state index contributed by atoms with van der Waals surface area (Å²) in [5, 5.41) is 0. The molecule has 0 bridgehead atoms. The van der Waals surface area contributed by atoms with Gasteiger partial charge in [0.15, 0.2) is 0 Å². The fourth-order valence-electron chi connectivity index (χ4n) is 1.98. The fourth-order valence-corrected chi connectivity index (χ4v) is 1.98. The van der Waals surface area contributed by atoms with Crippen molar-refractivity contribution >= 4 is 5.69 Å². The molecule has 2 N–H and O–H groups in total. The van der Waals surface area contributed by atoms with Crippen LogP contribution in [0.1, 0.15) is 24.8 Å². The number of nitrogens with zero attached hydrogens (tertiary/aromatic N) is 1. The molecule has 1 saturated carbocycles. The van der Waals surface area contributed by atoms with E-state index in [0.29, 0.717) is 6.54 Å². The molecule has 0 spiro atoms. The van der Waals surface area contributed by atoms with E-state index in [4.69, 9.17) is 5.73 Å². The average Bonchev–Trinajstić information content (AvgIpc) is 3.13. The van der Waals surface area contributed by atoms with Crippen molar-refractivity contribution in [1.82, 2.24) is 0 Å². The number of halogens is 3. The Kier molecular flexibility index (Phi) is 3.80. The predicted molar refractivity (Wildman–Crippen MR) is 65.4 cm³/mol. The van der Waals surface area contributed by atoms with E-state index in [-0.39, 0.29) is 12.6 Å². The zero-order valence-electron chi connectivity index (χ0n) is 10.1. The molecule has 1 fully saturated rings. The highest BCUT2D eigenvalue weighted by atomic mass is 19.4. The minimum atomic E-state index is -4.09. The lowest BCUT2D eigenvalue weighted by Crippen LogP contribution is -2.30. The molecule has 0 amide bonds. The largest absolute Gasteiger partial charge is 0.390 e. The molecular formula is C13H17F3N2. The Bertz CT molecular complexity index is 382. The summed E-state index contributed by atoms with van der Waals surface area (Å²) >= 11 is 0. The molecule has 2 nitrogen and oxygen atoms in total. The minimum absolute atomic E-state index is 0.0378. The summed E-state index contributed by atoms with van der Waals surface area (Å²) in [7, 11) is 0. The van der Waals surface area contributed by atoms with Gasteiger partial charge < -0.3 is 10.6 Å². The zero-order chi connectivity index (χ0) is 13.2. The second-order valence-corrected chi connectivity index (χ2v) is 4.66. The maximum absolute atomic E-state index is 12.3. The highest BCUT2D eigenvalue weighted by Crippen LogP contribution is 2.33. The van der Waals surface area contributed by atoms with Gasteiger partial charge in [0.05, 0.1) is 6.42 Å². The van der Waals surface area contributed by atoms with Crippen LogP contribution in [0.15, 0.2) is 24.3 Å². The lowest BCUT2D eigenvalue weighted by atomic mass is 10.2. The van der Waals surface area contributed by atoms with Crippen LogP contribution in [0.3, 0.4) is 0 Å². The first kappa shape index (κ1) is 13.2. The topological polar surface area (TPSA) is 29.3 Å². The van der Waals surface area contributed by atoms with E-state index >= 15 is 0 Å². The first-order chi connectivity index (χ1) is 8.49. The van der Waals surface area contributed by atoms with E-state index < -0.39 is 12.6 Å². The smallest absolute Gasteiger partial charge is 0.368 e. The van der Waals surface area contributed by atoms with Crippen molar-refractivity contribution in [3.63, 3.8) is 0 Å². The van der Waals surface area contributed by atoms with Crippen LogP contribution in [0.25, 0.3) is 0 Å². The molecular weight excluding hydrogens is 241 g/mol. The third-order valence-corrected chi connectivity index (χ3v) is 3.13. The van der Waals surface area contributed by atoms with Gasteiger partial charge in [0, 0.05) is 24.8 Å². The van der Waals surface area contributed by atoms with E-state index in [2.05, 4.69) is 0 Å². The van der Waals surface area contributed by atoms with Crippen LogP contribution in [0.4, 0.5) is 18.9 Å². The third-order valence-electron chi connectivity index (χ3n) is 3.13. The molecule has 0 atom stereocenters. The summed E-state index contributed by atoms with van der Waals surface area (Å²) in [6.45, 7) is 0.488. The number of anilines is 1. The van der Waals surface area contributed by atoms with Crippen molar-refractivity contribution in [2.45, 2.75) is 38.0 Å². The van der Waals surface area contributed by atoms with Crippen LogP contribution in [0, 0.1) is 0 Å². The molecule has 5 heteroatoms. The molecule has 0 heterocycles. The van der Waals surface area contributed by atoms with Crippen LogP contribution < -0.4 is 10.6 Å². The van der Waals surface area contributed by atoms with Crippen molar-refractivity contribution in [1.29, 1.82) is 0 Å². The first-order valence-electron chi connectivity index (χ1n) is 6.12. The summed E-state index contributed by atoms with van der Waals surface area (Å²) in [6.07, 6.45) is -2.89. The standard InChI is InChI=1S/C13H17F3N2/c14-13(15,16)7-8-18(12-5-6-12)11-3-1-10(9-17)2-4-11/h1-4,12H,5-9,17H2. The van der Waals surface area contributed by atoms with Gasteiger partial charge in [-0.05, 0) is 30.5 Å². The number of hydrogen-bond donors (Lipinski definition) is 1. The third kappa shape index (κ3) is 3.63. The highest BCUT2D eigenvalue weighted by molar-refractivity contribution is 5.49. The van der Waals surface area contributed by atoms with Gasteiger partial charge in [0.1, 0.15) is 0 Å². The molecule has 100 valence electrons. The lowest BCUT2D eigenvalue weighted by Gasteiger charge is -2.25. The van der Waals surface area contributed by atoms with E-state index in [1.807, 2.05) is 29.2 Å². The maximum Gasteiger partial charge on any atom is 0.390 e. The number of hydrogen-bond acceptors (Lipinski definition) is 2. The predicted octanol–water partition coefficient (Wildman–Crippen LogP) is 3.07. The summed E-state index contributed by atoms with van der Waals surface area (Å²) < 4.78 is 36.9. The summed E-state index contributed by atoms with van der Waals surface area (Å²) in [5.41, 5.74) is 7.35. The Labute approximate surface area is 105 Å². The Balaban J connectivity index is 2.04. The van der Waals surface area contributed by atoms with Crippen LogP contribution >= 0.6 is 0 Å². The van der Waals surface area contributed by atoms with Crippen LogP contribution in [0.2, 0.25) is 0 Å². The normalized spacial score (nSPS) is 15.8. The lowest BCUT2D eigenvalue weighted by molar-refractivity contribution is -0.132. The van der Waals surface area contributed by atoms with Gasteiger partial charge >= 0.3 is 6.18 Å². The van der Waals surface area contributed by atoms with Crippen molar-refractivity contribution in [3.8, 4) is 0 Å². The molecule has 1 aliphatic carbocycles. The molecule has 1 aliphatic rings. The van der Waals surface area contributed by atoms with Crippen LogP contribution in [0.5, 0.6) is 0 Å². The quantitative estimate of drug-likeness (QED) is 0.879. The Morgan fingerprint density at radius 3 is 2.22 bits per heavy atom. The molecule has 0 unspecified atom stereocenters. The van der Waals surface area contributed by atoms with Gasteiger partial charge in [-0.1, -0.05) is 12.1 Å². The van der Waals surface area contributed by atoms with Crippen LogP contribution in [-0.4, -0.2) is 18.8 Å². The molecule has 1 aromatic rings. The van der Waals surface area contributed by atoms with Crippen LogP contribution in [-0.2, 0) is 6.54 Å². The first-order valence-corrected chi connectivity index (χ1v) is 6.12. The second-order valence-electron chi connectivity index (χ2n) is 4.66. The van der Waals surface area contributed by atoms with E-state index in [0.717, 1.165) is 24.1 Å². The minimum Gasteiger partial charge on any atom is -0.368 e.